The zero-order valence-electron chi connectivity index (χ0n) is 16.3. The Hall–Kier alpha value is -2.08. The SMILES string of the molecule is O=C(O)C(F)(F)C(F)(F)C(F)(F)C(F)(F)C(F)(F)F.O=C(O)C(F)(F)C(F)(F)C(F)(F)C(F)(F)C(F)(F)F.[Cu]. The van der Waals surface area contributed by atoms with E-state index in [2.05, 4.69) is 0 Å². The number of carboxylic acids is 2. The van der Waals surface area contributed by atoms with Crippen LogP contribution in [-0.2, 0) is 26.7 Å². The first-order chi connectivity index (χ1) is 15.9. The first kappa shape index (κ1) is 41.4. The summed E-state index contributed by atoms with van der Waals surface area (Å²) in [5.74, 6) is -67.1. The van der Waals surface area contributed by atoms with E-state index in [1.54, 1.807) is 0 Å². The average molecular weight is 692 g/mol. The second-order valence-electron chi connectivity index (χ2n) is 6.20. The number of carboxylic acid groups (broad SMARTS) is 2. The minimum Gasteiger partial charge on any atom is -0.477 e. The van der Waals surface area contributed by atoms with E-state index in [1.165, 1.54) is 0 Å². The van der Waals surface area contributed by atoms with Crippen LogP contribution in [0.1, 0.15) is 0 Å². The molecule has 39 heavy (non-hydrogen) atoms. The molecule has 239 valence electrons. The first-order valence-corrected chi connectivity index (χ1v) is 7.51. The molecule has 0 aromatic heterocycles. The summed E-state index contributed by atoms with van der Waals surface area (Å²) in [5, 5.41) is 15.0. The summed E-state index contributed by atoms with van der Waals surface area (Å²) in [6.45, 7) is 0. The van der Waals surface area contributed by atoms with Crippen LogP contribution in [0.15, 0.2) is 0 Å². The van der Waals surface area contributed by atoms with Gasteiger partial charge in [-0.15, -0.1) is 0 Å². The molecule has 0 spiro atoms. The molecule has 0 aromatic carbocycles. The molecule has 0 fully saturated rings. The third kappa shape index (κ3) is 6.16. The topological polar surface area (TPSA) is 74.6 Å². The molecule has 0 saturated carbocycles. The third-order valence-electron chi connectivity index (χ3n) is 3.62. The Morgan fingerprint density at radius 2 is 0.487 bits per heavy atom. The van der Waals surface area contributed by atoms with Crippen molar-refractivity contribution in [1.29, 1.82) is 0 Å². The quantitative estimate of drug-likeness (QED) is 0.230. The summed E-state index contributed by atoms with van der Waals surface area (Å²) >= 11 is 0. The summed E-state index contributed by atoms with van der Waals surface area (Å²) < 4.78 is 265. The Labute approximate surface area is 206 Å². The standard InChI is InChI=1S/2C6HF11O2.Cu/c2*7-2(8,1(18)19)3(9,10)4(11,12)5(13,14)6(15,16)17;/h2*(H,18,19);. The van der Waals surface area contributed by atoms with Crippen molar-refractivity contribution >= 4 is 11.9 Å². The van der Waals surface area contributed by atoms with E-state index in [0.717, 1.165) is 0 Å². The minimum atomic E-state index is -7.68. The third-order valence-corrected chi connectivity index (χ3v) is 3.62. The molecule has 0 atom stereocenters. The van der Waals surface area contributed by atoms with Gasteiger partial charge in [-0.2, -0.15) is 96.6 Å². The molecule has 0 aromatic rings. The molecule has 0 amide bonds. The first-order valence-electron chi connectivity index (χ1n) is 7.51. The summed E-state index contributed by atoms with van der Waals surface area (Å²) in [5.41, 5.74) is 0. The molecule has 27 heteroatoms. The summed E-state index contributed by atoms with van der Waals surface area (Å²) in [7, 11) is 0. The molecule has 0 unspecified atom stereocenters. The van der Waals surface area contributed by atoms with Gasteiger partial charge in [0, 0.05) is 17.1 Å². The summed E-state index contributed by atoms with van der Waals surface area (Å²) in [6.07, 6.45) is -14.6. The molecule has 0 aliphatic rings. The van der Waals surface area contributed by atoms with Gasteiger partial charge in [0.05, 0.1) is 0 Å². The van der Waals surface area contributed by atoms with Gasteiger partial charge in [-0.1, -0.05) is 0 Å². The Morgan fingerprint density at radius 1 is 0.333 bits per heavy atom. The van der Waals surface area contributed by atoms with Gasteiger partial charge in [-0.25, -0.2) is 9.59 Å². The van der Waals surface area contributed by atoms with Crippen molar-refractivity contribution in [2.24, 2.45) is 0 Å². The zero-order valence-corrected chi connectivity index (χ0v) is 17.3. The van der Waals surface area contributed by atoms with Crippen molar-refractivity contribution in [3.05, 3.63) is 0 Å². The van der Waals surface area contributed by atoms with Crippen molar-refractivity contribution in [2.45, 2.75) is 59.7 Å². The number of rotatable bonds is 8. The average Bonchev–Trinajstić information content (AvgIpc) is 2.65. The number of aliphatic carboxylic acids is 2. The number of carbonyl (C=O) groups is 2. The van der Waals surface area contributed by atoms with Crippen molar-refractivity contribution in [1.82, 2.24) is 0 Å². The van der Waals surface area contributed by atoms with E-state index in [0.29, 0.717) is 0 Å². The molecule has 0 aliphatic carbocycles. The van der Waals surface area contributed by atoms with Crippen LogP contribution in [0.25, 0.3) is 0 Å². The molecule has 0 saturated heterocycles. The monoisotopic (exact) mass is 691 g/mol. The molecule has 2 N–H and O–H groups in total. The molecule has 1 radical (unpaired) electrons. The fraction of sp³-hybridized carbons (Fsp3) is 0.833. The van der Waals surface area contributed by atoms with Gasteiger partial charge in [0.15, 0.2) is 0 Å². The normalized spacial score (nSPS) is 15.1. The number of hydrogen-bond donors (Lipinski definition) is 2. The minimum absolute atomic E-state index is 0. The van der Waals surface area contributed by atoms with Crippen molar-refractivity contribution in [2.75, 3.05) is 0 Å². The second-order valence-corrected chi connectivity index (χ2v) is 6.20. The maximum atomic E-state index is 12.4. The number of hydrogen-bond acceptors (Lipinski definition) is 2. The molecule has 4 nitrogen and oxygen atoms in total. The van der Waals surface area contributed by atoms with Crippen LogP contribution in [0, 0.1) is 0 Å². The number of alkyl halides is 22. The smallest absolute Gasteiger partial charge is 0.460 e. The molecule has 0 rings (SSSR count). The zero-order chi connectivity index (χ0) is 32.2. The Balaban J connectivity index is -0.000000648. The van der Waals surface area contributed by atoms with E-state index in [1.807, 2.05) is 0 Å². The fourth-order valence-electron chi connectivity index (χ4n) is 1.41. The van der Waals surface area contributed by atoms with Crippen LogP contribution in [0.3, 0.4) is 0 Å². The second kappa shape index (κ2) is 10.7. The Morgan fingerprint density at radius 3 is 0.590 bits per heavy atom. The predicted molar refractivity (Wildman–Crippen MR) is 67.0 cm³/mol. The predicted octanol–water partition coefficient (Wildman–Crippen LogP) is 6.35. The molecule has 0 bridgehead atoms. The Kier molecular flexibility index (Phi) is 11.4. The van der Waals surface area contributed by atoms with Crippen LogP contribution in [0.5, 0.6) is 0 Å². The molecular weight excluding hydrogens is 690 g/mol. The van der Waals surface area contributed by atoms with Crippen LogP contribution in [-0.4, -0.2) is 81.9 Å². The van der Waals surface area contributed by atoms with E-state index >= 15 is 0 Å². The largest absolute Gasteiger partial charge is 0.477 e. The van der Waals surface area contributed by atoms with E-state index in [9.17, 15) is 106 Å². The number of halogens is 22. The van der Waals surface area contributed by atoms with E-state index in [-0.39, 0.29) is 17.1 Å². The van der Waals surface area contributed by atoms with Crippen LogP contribution in [0.4, 0.5) is 96.6 Å². The summed E-state index contributed by atoms with van der Waals surface area (Å²) in [6, 6.07) is 0. The maximum Gasteiger partial charge on any atom is 0.460 e. The maximum absolute atomic E-state index is 12.4. The Bertz CT molecular complexity index is 814. The van der Waals surface area contributed by atoms with Crippen molar-refractivity contribution < 1.29 is 133 Å². The van der Waals surface area contributed by atoms with Gasteiger partial charge >= 0.3 is 71.7 Å². The van der Waals surface area contributed by atoms with Gasteiger partial charge in [0.2, 0.25) is 0 Å². The van der Waals surface area contributed by atoms with Crippen molar-refractivity contribution in [3.63, 3.8) is 0 Å². The van der Waals surface area contributed by atoms with E-state index in [4.69, 9.17) is 10.2 Å². The fourth-order valence-corrected chi connectivity index (χ4v) is 1.41. The van der Waals surface area contributed by atoms with Gasteiger partial charge in [-0.3, -0.25) is 0 Å². The van der Waals surface area contributed by atoms with Gasteiger partial charge in [0.25, 0.3) is 0 Å². The molecule has 0 heterocycles. The van der Waals surface area contributed by atoms with Gasteiger partial charge < -0.3 is 10.2 Å². The molecule has 0 aliphatic heterocycles. The van der Waals surface area contributed by atoms with Crippen molar-refractivity contribution in [3.8, 4) is 0 Å². The summed E-state index contributed by atoms with van der Waals surface area (Å²) in [4.78, 5) is 19.2. The molecular formula is C12H2CuF22O4. The van der Waals surface area contributed by atoms with Crippen LogP contribution < -0.4 is 0 Å². The van der Waals surface area contributed by atoms with Gasteiger partial charge in [-0.05, 0) is 0 Å². The van der Waals surface area contributed by atoms with Crippen LogP contribution >= 0.6 is 0 Å². The van der Waals surface area contributed by atoms with E-state index < -0.39 is 71.7 Å². The van der Waals surface area contributed by atoms with Gasteiger partial charge in [0.1, 0.15) is 0 Å². The van der Waals surface area contributed by atoms with Crippen LogP contribution in [0.2, 0.25) is 0 Å².